The second-order valence-corrected chi connectivity index (χ2v) is 8.93. The van der Waals surface area contributed by atoms with E-state index in [-0.39, 0.29) is 29.8 Å². The summed E-state index contributed by atoms with van der Waals surface area (Å²) < 4.78 is 16.5. The van der Waals surface area contributed by atoms with Gasteiger partial charge in [-0.2, -0.15) is 0 Å². The van der Waals surface area contributed by atoms with Crippen LogP contribution in [0, 0.1) is 5.82 Å². The molecule has 0 radical (unpaired) electrons. The highest BCUT2D eigenvalue weighted by Gasteiger charge is 2.17. The Balaban J connectivity index is 1.50. The van der Waals surface area contributed by atoms with Crippen LogP contribution in [-0.4, -0.2) is 32.3 Å². The minimum absolute atomic E-state index is 0.000625. The van der Waals surface area contributed by atoms with Crippen molar-refractivity contribution in [3.8, 4) is 5.69 Å². The lowest BCUT2D eigenvalue weighted by Crippen LogP contribution is -2.24. The number of rotatable bonds is 8. The fourth-order valence-electron chi connectivity index (χ4n) is 3.09. The zero-order valence-corrected chi connectivity index (χ0v) is 20.1. The Hall–Kier alpha value is -3.50. The Kier molecular flexibility index (Phi) is 7.71. The lowest BCUT2D eigenvalue weighted by atomic mass is 10.2. The summed E-state index contributed by atoms with van der Waals surface area (Å²) in [6.45, 7) is 0.138. The van der Waals surface area contributed by atoms with E-state index in [1.54, 1.807) is 41.0 Å². The first kappa shape index (κ1) is 23.7. The summed E-state index contributed by atoms with van der Waals surface area (Å²) in [5, 5.41) is 14.3. The summed E-state index contributed by atoms with van der Waals surface area (Å²) in [4.78, 5) is 24.9. The van der Waals surface area contributed by atoms with Gasteiger partial charge >= 0.3 is 0 Å². The molecule has 7 nitrogen and oxygen atoms in total. The van der Waals surface area contributed by atoms with Gasteiger partial charge in [-0.15, -0.1) is 10.2 Å². The molecule has 1 aromatic heterocycles. The maximum absolute atomic E-state index is 13.8. The molecule has 0 aliphatic carbocycles. The van der Waals surface area contributed by atoms with Crippen molar-refractivity contribution < 1.29 is 14.0 Å². The summed E-state index contributed by atoms with van der Waals surface area (Å²) in [6.07, 6.45) is 0. The predicted molar refractivity (Wildman–Crippen MR) is 132 cm³/mol. The highest BCUT2D eigenvalue weighted by atomic mass is 79.9. The molecule has 0 aliphatic rings. The van der Waals surface area contributed by atoms with Gasteiger partial charge in [0.15, 0.2) is 11.0 Å². The molecule has 0 atom stereocenters. The molecular weight excluding hydrogens is 521 g/mol. The van der Waals surface area contributed by atoms with E-state index in [0.717, 1.165) is 21.9 Å². The number of amides is 2. The standard InChI is InChI=1S/C24H19BrFN5O2S/c25-17-10-12-18(13-11-17)31-21(14-27-23(33)16-6-2-1-3-7-16)29-30-24(31)34-15-22(32)28-20-9-5-4-8-19(20)26/h1-13H,14-15H2,(H,27,33)(H,28,32). The highest BCUT2D eigenvalue weighted by molar-refractivity contribution is 9.10. The van der Waals surface area contributed by atoms with Gasteiger partial charge in [0.25, 0.3) is 5.91 Å². The van der Waals surface area contributed by atoms with Crippen LogP contribution in [0.2, 0.25) is 0 Å². The number of hydrogen-bond donors (Lipinski definition) is 2. The largest absolute Gasteiger partial charge is 0.345 e. The fourth-order valence-corrected chi connectivity index (χ4v) is 4.12. The average molecular weight is 540 g/mol. The van der Waals surface area contributed by atoms with Crippen LogP contribution in [0.4, 0.5) is 10.1 Å². The van der Waals surface area contributed by atoms with Crippen LogP contribution in [-0.2, 0) is 11.3 Å². The summed E-state index contributed by atoms with van der Waals surface area (Å²) in [5.41, 5.74) is 1.43. The Labute approximate surface area is 207 Å². The minimum Gasteiger partial charge on any atom is -0.345 e. The van der Waals surface area contributed by atoms with Gasteiger partial charge in [0.1, 0.15) is 5.82 Å². The van der Waals surface area contributed by atoms with Crippen LogP contribution >= 0.6 is 27.7 Å². The minimum atomic E-state index is -0.504. The summed E-state index contributed by atoms with van der Waals surface area (Å²) in [7, 11) is 0. The SMILES string of the molecule is O=C(CSc1nnc(CNC(=O)c2ccccc2)n1-c1ccc(Br)cc1)Nc1ccccc1F. The van der Waals surface area contributed by atoms with Crippen molar-refractivity contribution in [2.75, 3.05) is 11.1 Å². The number of thioether (sulfide) groups is 1. The molecule has 0 unspecified atom stereocenters. The number of carbonyl (C=O) groups is 2. The molecule has 172 valence electrons. The molecule has 0 fully saturated rings. The van der Waals surface area contributed by atoms with Crippen LogP contribution in [0.5, 0.6) is 0 Å². The third-order valence-corrected chi connectivity index (χ3v) is 6.17. The first-order valence-corrected chi connectivity index (χ1v) is 12.0. The quantitative estimate of drug-likeness (QED) is 0.313. The zero-order valence-electron chi connectivity index (χ0n) is 17.7. The van der Waals surface area contributed by atoms with E-state index in [1.165, 1.54) is 12.1 Å². The molecule has 0 aliphatic heterocycles. The van der Waals surface area contributed by atoms with Gasteiger partial charge in [-0.1, -0.05) is 58.0 Å². The van der Waals surface area contributed by atoms with E-state index in [0.29, 0.717) is 16.5 Å². The monoisotopic (exact) mass is 539 g/mol. The Bertz CT molecular complexity index is 1300. The average Bonchev–Trinajstić information content (AvgIpc) is 3.26. The lowest BCUT2D eigenvalue weighted by Gasteiger charge is -2.11. The number of para-hydroxylation sites is 1. The van der Waals surface area contributed by atoms with Crippen molar-refractivity contribution >= 4 is 45.2 Å². The van der Waals surface area contributed by atoms with Crippen LogP contribution in [0.3, 0.4) is 0 Å². The van der Waals surface area contributed by atoms with Gasteiger partial charge < -0.3 is 10.6 Å². The van der Waals surface area contributed by atoms with Gasteiger partial charge in [0.2, 0.25) is 5.91 Å². The number of benzene rings is 3. The molecule has 4 rings (SSSR count). The number of nitrogens with one attached hydrogen (secondary N) is 2. The van der Waals surface area contributed by atoms with E-state index in [2.05, 4.69) is 36.8 Å². The number of halogens is 2. The molecule has 4 aromatic rings. The van der Waals surface area contributed by atoms with Gasteiger partial charge in [-0.25, -0.2) is 4.39 Å². The molecule has 0 saturated heterocycles. The molecule has 3 aromatic carbocycles. The fraction of sp³-hybridized carbons (Fsp3) is 0.0833. The maximum atomic E-state index is 13.8. The van der Waals surface area contributed by atoms with E-state index in [1.807, 2.05) is 30.3 Å². The number of hydrogen-bond acceptors (Lipinski definition) is 5. The molecule has 10 heteroatoms. The third-order valence-electron chi connectivity index (χ3n) is 4.71. The molecule has 0 bridgehead atoms. The first-order chi connectivity index (χ1) is 16.5. The van der Waals surface area contributed by atoms with Crippen LogP contribution in [0.25, 0.3) is 5.69 Å². The summed E-state index contributed by atoms with van der Waals surface area (Å²) in [6, 6.07) is 22.4. The second-order valence-electron chi connectivity index (χ2n) is 7.08. The zero-order chi connectivity index (χ0) is 23.9. The van der Waals surface area contributed by atoms with E-state index >= 15 is 0 Å². The smallest absolute Gasteiger partial charge is 0.251 e. The first-order valence-electron chi connectivity index (χ1n) is 10.2. The van der Waals surface area contributed by atoms with Gasteiger partial charge in [-0.3, -0.25) is 14.2 Å². The highest BCUT2D eigenvalue weighted by Crippen LogP contribution is 2.24. The van der Waals surface area contributed by atoms with Crippen LogP contribution in [0.15, 0.2) is 88.5 Å². The molecule has 2 N–H and O–H groups in total. The topological polar surface area (TPSA) is 88.9 Å². The molecule has 0 saturated carbocycles. The number of aromatic nitrogens is 3. The van der Waals surface area contributed by atoms with Crippen molar-refractivity contribution in [1.82, 2.24) is 20.1 Å². The Morgan fingerprint density at radius 2 is 1.65 bits per heavy atom. The van der Waals surface area contributed by atoms with Crippen LogP contribution in [0.1, 0.15) is 16.2 Å². The molecule has 2 amide bonds. The van der Waals surface area contributed by atoms with Gasteiger partial charge in [0.05, 0.1) is 18.0 Å². The lowest BCUT2D eigenvalue weighted by molar-refractivity contribution is -0.113. The molecule has 0 spiro atoms. The van der Waals surface area contributed by atoms with Crippen molar-refractivity contribution in [2.45, 2.75) is 11.7 Å². The van der Waals surface area contributed by atoms with Gasteiger partial charge in [-0.05, 0) is 48.5 Å². The molecular formula is C24H19BrFN5O2S. The number of anilines is 1. The van der Waals surface area contributed by atoms with E-state index < -0.39 is 5.82 Å². The number of nitrogens with zero attached hydrogens (tertiary/aromatic N) is 3. The van der Waals surface area contributed by atoms with Gasteiger partial charge in [0, 0.05) is 15.7 Å². The summed E-state index contributed by atoms with van der Waals surface area (Å²) >= 11 is 4.58. The Morgan fingerprint density at radius 3 is 2.38 bits per heavy atom. The van der Waals surface area contributed by atoms with Crippen molar-refractivity contribution in [3.63, 3.8) is 0 Å². The normalized spacial score (nSPS) is 10.6. The maximum Gasteiger partial charge on any atom is 0.251 e. The predicted octanol–water partition coefficient (Wildman–Crippen LogP) is 4.83. The van der Waals surface area contributed by atoms with Crippen molar-refractivity contribution in [3.05, 3.63) is 101 Å². The molecule has 34 heavy (non-hydrogen) atoms. The van der Waals surface area contributed by atoms with Crippen molar-refractivity contribution in [1.29, 1.82) is 0 Å². The van der Waals surface area contributed by atoms with Crippen molar-refractivity contribution in [2.24, 2.45) is 0 Å². The third kappa shape index (κ3) is 5.89. The van der Waals surface area contributed by atoms with Crippen LogP contribution < -0.4 is 10.6 Å². The Morgan fingerprint density at radius 1 is 0.941 bits per heavy atom. The molecule has 1 heterocycles. The van der Waals surface area contributed by atoms with E-state index in [4.69, 9.17) is 0 Å². The summed E-state index contributed by atoms with van der Waals surface area (Å²) in [5.74, 6) is -0.609. The van der Waals surface area contributed by atoms with E-state index in [9.17, 15) is 14.0 Å². The second kappa shape index (κ2) is 11.1. The number of carbonyl (C=O) groups excluding carboxylic acids is 2.